The zero-order chi connectivity index (χ0) is 12.5. The quantitative estimate of drug-likeness (QED) is 0.715. The molecule has 3 aromatic rings. The van der Waals surface area contributed by atoms with Crippen molar-refractivity contribution in [2.24, 2.45) is 0 Å². The molecule has 0 fully saturated rings. The van der Waals surface area contributed by atoms with Crippen LogP contribution in [0.4, 0.5) is 0 Å². The van der Waals surface area contributed by atoms with Gasteiger partial charge in [0, 0.05) is 12.4 Å². The third kappa shape index (κ3) is 1.91. The van der Waals surface area contributed by atoms with Gasteiger partial charge >= 0.3 is 0 Å². The Bertz CT molecular complexity index is 758. The van der Waals surface area contributed by atoms with Crippen LogP contribution in [-0.4, -0.2) is 24.5 Å². The van der Waals surface area contributed by atoms with E-state index in [0.717, 1.165) is 22.6 Å². The van der Waals surface area contributed by atoms with E-state index in [1.54, 1.807) is 18.6 Å². The molecule has 6 heteroatoms. The second-order valence-corrected chi connectivity index (χ2v) is 4.39. The Morgan fingerprint density at radius 1 is 1.33 bits per heavy atom. The van der Waals surface area contributed by atoms with Crippen molar-refractivity contribution >= 4 is 23.3 Å². The number of aryl methyl sites for hydroxylation is 1. The van der Waals surface area contributed by atoms with Crippen LogP contribution in [-0.2, 0) is 6.54 Å². The molecule has 1 N–H and O–H groups in total. The molecule has 0 aliphatic carbocycles. The first-order chi connectivity index (χ1) is 8.74. The Kier molecular flexibility index (Phi) is 2.64. The number of nitrogens with zero attached hydrogens (tertiary/aromatic N) is 4. The van der Waals surface area contributed by atoms with Crippen LogP contribution >= 0.6 is 12.2 Å². The van der Waals surface area contributed by atoms with Crippen LogP contribution < -0.4 is 0 Å². The molecule has 0 saturated carbocycles. The molecule has 0 aliphatic rings. The number of aromatic nitrogens is 5. The Morgan fingerprint density at radius 2 is 2.22 bits per heavy atom. The second-order valence-electron chi connectivity index (χ2n) is 4.00. The molecule has 0 saturated heterocycles. The summed E-state index contributed by atoms with van der Waals surface area (Å²) in [6.07, 6.45) is 5.29. The maximum absolute atomic E-state index is 5.32. The van der Waals surface area contributed by atoms with Gasteiger partial charge in [0.1, 0.15) is 5.82 Å². The highest BCUT2D eigenvalue weighted by Crippen LogP contribution is 2.13. The first-order valence-corrected chi connectivity index (χ1v) is 5.96. The van der Waals surface area contributed by atoms with Gasteiger partial charge in [-0.1, -0.05) is 0 Å². The maximum atomic E-state index is 5.32. The Balaban J connectivity index is 2.10. The summed E-state index contributed by atoms with van der Waals surface area (Å²) in [5.41, 5.74) is 2.91. The minimum atomic E-state index is 0.631. The summed E-state index contributed by atoms with van der Waals surface area (Å²) < 4.78 is 2.68. The van der Waals surface area contributed by atoms with Gasteiger partial charge in [-0.05, 0) is 31.3 Å². The first kappa shape index (κ1) is 11.0. The molecule has 0 aliphatic heterocycles. The lowest BCUT2D eigenvalue weighted by atomic mass is 10.3. The molecule has 0 radical (unpaired) electrons. The third-order valence-electron chi connectivity index (χ3n) is 2.73. The van der Waals surface area contributed by atoms with Crippen LogP contribution in [0, 0.1) is 11.7 Å². The van der Waals surface area contributed by atoms with E-state index in [9.17, 15) is 0 Å². The van der Waals surface area contributed by atoms with Crippen LogP contribution in [0.1, 0.15) is 11.5 Å². The fourth-order valence-corrected chi connectivity index (χ4v) is 2.20. The summed E-state index contributed by atoms with van der Waals surface area (Å²) in [4.78, 5) is 15.7. The van der Waals surface area contributed by atoms with Gasteiger partial charge in [-0.15, -0.1) is 0 Å². The van der Waals surface area contributed by atoms with Gasteiger partial charge in [0.25, 0.3) is 0 Å². The molecule has 0 aromatic carbocycles. The van der Waals surface area contributed by atoms with Gasteiger partial charge in [-0.3, -0.25) is 4.98 Å². The second kappa shape index (κ2) is 4.30. The van der Waals surface area contributed by atoms with Crippen LogP contribution in [0.25, 0.3) is 11.0 Å². The van der Waals surface area contributed by atoms with Gasteiger partial charge < -0.3 is 9.55 Å². The summed E-state index contributed by atoms with van der Waals surface area (Å²) in [6.45, 7) is 2.51. The van der Waals surface area contributed by atoms with E-state index in [1.165, 1.54) is 0 Å². The topological polar surface area (TPSA) is 59.4 Å². The summed E-state index contributed by atoms with van der Waals surface area (Å²) >= 11 is 5.32. The van der Waals surface area contributed by atoms with E-state index < -0.39 is 0 Å². The summed E-state index contributed by atoms with van der Waals surface area (Å²) in [5, 5.41) is 0. The lowest BCUT2D eigenvalue weighted by Crippen LogP contribution is -2.03. The zero-order valence-electron chi connectivity index (χ0n) is 9.79. The molecule has 3 rings (SSSR count). The van der Waals surface area contributed by atoms with Crippen molar-refractivity contribution in [1.82, 2.24) is 24.5 Å². The molecule has 3 aromatic heterocycles. The zero-order valence-corrected chi connectivity index (χ0v) is 10.6. The van der Waals surface area contributed by atoms with Crippen molar-refractivity contribution < 1.29 is 0 Å². The summed E-state index contributed by atoms with van der Waals surface area (Å²) in [5.74, 6) is 0.764. The molecule has 0 amide bonds. The smallest absolute Gasteiger partial charge is 0.178 e. The number of rotatable bonds is 2. The van der Waals surface area contributed by atoms with Crippen molar-refractivity contribution in [3.05, 3.63) is 47.0 Å². The average molecular weight is 257 g/mol. The van der Waals surface area contributed by atoms with E-state index in [-0.39, 0.29) is 0 Å². The number of fused-ring (bicyclic) bond motifs is 1. The van der Waals surface area contributed by atoms with E-state index in [4.69, 9.17) is 12.2 Å². The molecule has 0 spiro atoms. The monoisotopic (exact) mass is 257 g/mol. The number of hydrogen-bond donors (Lipinski definition) is 1. The minimum absolute atomic E-state index is 0.631. The van der Waals surface area contributed by atoms with Crippen molar-refractivity contribution in [3.63, 3.8) is 0 Å². The highest BCUT2D eigenvalue weighted by Gasteiger charge is 2.05. The minimum Gasteiger partial charge on any atom is -0.329 e. The van der Waals surface area contributed by atoms with E-state index in [2.05, 4.69) is 19.9 Å². The summed E-state index contributed by atoms with van der Waals surface area (Å²) in [7, 11) is 0. The Hall–Kier alpha value is -2.08. The molecule has 3 heterocycles. The molecule has 0 atom stereocenters. The lowest BCUT2D eigenvalue weighted by molar-refractivity contribution is 0.773. The lowest BCUT2D eigenvalue weighted by Gasteiger charge is -2.04. The number of imidazole rings is 1. The fourth-order valence-electron chi connectivity index (χ4n) is 1.92. The molecule has 18 heavy (non-hydrogen) atoms. The predicted octanol–water partition coefficient (Wildman–Crippen LogP) is 2.24. The number of hydrogen-bond acceptors (Lipinski definition) is 4. The van der Waals surface area contributed by atoms with Crippen molar-refractivity contribution in [3.8, 4) is 0 Å². The van der Waals surface area contributed by atoms with Gasteiger partial charge in [-0.2, -0.15) is 0 Å². The highest BCUT2D eigenvalue weighted by atomic mass is 32.1. The van der Waals surface area contributed by atoms with Crippen LogP contribution in [0.2, 0.25) is 0 Å². The Morgan fingerprint density at radius 3 is 3.06 bits per heavy atom. The standard InChI is InChI=1S/C12H11N5S/c1-8-14-5-2-9(15-8)7-17-11-3-4-13-6-10(11)16-12(17)18/h2-6H,7H2,1H3,(H,16,18). The third-order valence-corrected chi connectivity index (χ3v) is 3.05. The number of pyridine rings is 1. The number of nitrogens with one attached hydrogen (secondary N) is 1. The van der Waals surface area contributed by atoms with Gasteiger partial charge in [-0.25, -0.2) is 9.97 Å². The SMILES string of the molecule is Cc1nccc(Cn2c(=S)[nH]c3cnccc32)n1. The summed E-state index contributed by atoms with van der Waals surface area (Å²) in [6, 6.07) is 3.84. The van der Waals surface area contributed by atoms with Crippen molar-refractivity contribution in [2.45, 2.75) is 13.5 Å². The molecule has 0 unspecified atom stereocenters. The van der Waals surface area contributed by atoms with Gasteiger partial charge in [0.15, 0.2) is 4.77 Å². The number of H-pyrrole nitrogens is 1. The van der Waals surface area contributed by atoms with Crippen LogP contribution in [0.5, 0.6) is 0 Å². The average Bonchev–Trinajstić information content (AvgIpc) is 2.66. The predicted molar refractivity (Wildman–Crippen MR) is 70.8 cm³/mol. The van der Waals surface area contributed by atoms with Gasteiger partial charge in [0.05, 0.1) is 29.5 Å². The van der Waals surface area contributed by atoms with E-state index in [1.807, 2.05) is 23.6 Å². The van der Waals surface area contributed by atoms with Crippen LogP contribution in [0.3, 0.4) is 0 Å². The molecule has 0 bridgehead atoms. The normalized spacial score (nSPS) is 10.9. The first-order valence-electron chi connectivity index (χ1n) is 5.55. The Labute approximate surface area is 109 Å². The fraction of sp³-hybridized carbons (Fsp3) is 0.167. The largest absolute Gasteiger partial charge is 0.329 e. The van der Waals surface area contributed by atoms with Crippen molar-refractivity contribution in [1.29, 1.82) is 0 Å². The van der Waals surface area contributed by atoms with Gasteiger partial charge in [0.2, 0.25) is 0 Å². The molecule has 5 nitrogen and oxygen atoms in total. The molecular weight excluding hydrogens is 246 g/mol. The maximum Gasteiger partial charge on any atom is 0.178 e. The molecular formula is C12H11N5S. The number of aromatic amines is 1. The molecule has 90 valence electrons. The van der Waals surface area contributed by atoms with Crippen LogP contribution in [0.15, 0.2) is 30.7 Å². The van der Waals surface area contributed by atoms with E-state index >= 15 is 0 Å². The van der Waals surface area contributed by atoms with E-state index in [0.29, 0.717) is 11.3 Å². The van der Waals surface area contributed by atoms with Crippen molar-refractivity contribution in [2.75, 3.05) is 0 Å². The highest BCUT2D eigenvalue weighted by molar-refractivity contribution is 7.71.